The molecule has 0 aliphatic carbocycles. The van der Waals surface area contributed by atoms with Gasteiger partial charge in [0.15, 0.2) is 0 Å². The third-order valence-electron chi connectivity index (χ3n) is 3.44. The summed E-state index contributed by atoms with van der Waals surface area (Å²) in [5, 5.41) is 22.8. The summed E-state index contributed by atoms with van der Waals surface area (Å²) in [7, 11) is 0. The second-order valence-corrected chi connectivity index (χ2v) is 6.36. The molecule has 0 bridgehead atoms. The molecule has 0 saturated carbocycles. The number of benzene rings is 2. The molecule has 2 aromatic carbocycles. The first-order chi connectivity index (χ1) is 12.6. The lowest BCUT2D eigenvalue weighted by Gasteiger charge is -1.97. The van der Waals surface area contributed by atoms with Crippen LogP contribution < -0.4 is 5.32 Å². The van der Waals surface area contributed by atoms with Crippen LogP contribution in [0.25, 0.3) is 6.08 Å². The van der Waals surface area contributed by atoms with E-state index in [0.717, 1.165) is 10.6 Å². The summed E-state index contributed by atoms with van der Waals surface area (Å²) in [4.78, 5) is 22.5. The van der Waals surface area contributed by atoms with E-state index in [1.165, 1.54) is 29.6 Å². The molecule has 0 radical (unpaired) electrons. The molecule has 26 heavy (non-hydrogen) atoms. The van der Waals surface area contributed by atoms with Gasteiger partial charge in [-0.25, -0.2) is 0 Å². The van der Waals surface area contributed by atoms with Crippen molar-refractivity contribution in [1.82, 2.24) is 10.2 Å². The van der Waals surface area contributed by atoms with Crippen molar-refractivity contribution in [2.45, 2.75) is 6.42 Å². The van der Waals surface area contributed by atoms with E-state index in [-0.39, 0.29) is 5.69 Å². The molecule has 0 fully saturated rings. The Bertz CT molecular complexity index is 954. The van der Waals surface area contributed by atoms with Crippen LogP contribution in [0.15, 0.2) is 60.7 Å². The zero-order valence-electron chi connectivity index (χ0n) is 13.5. The lowest BCUT2D eigenvalue weighted by molar-refractivity contribution is -0.385. The van der Waals surface area contributed by atoms with E-state index in [1.54, 1.807) is 18.2 Å². The maximum atomic E-state index is 12.0. The Hall–Kier alpha value is -3.39. The van der Waals surface area contributed by atoms with Gasteiger partial charge in [0.1, 0.15) is 5.01 Å². The van der Waals surface area contributed by atoms with Crippen LogP contribution in [-0.2, 0) is 11.2 Å². The summed E-state index contributed by atoms with van der Waals surface area (Å²) in [6, 6.07) is 16.0. The van der Waals surface area contributed by atoms with Crippen molar-refractivity contribution in [2.24, 2.45) is 0 Å². The number of nitro groups is 1. The normalized spacial score (nSPS) is 10.8. The fraction of sp³-hybridized carbons (Fsp3) is 0.0556. The predicted molar refractivity (Wildman–Crippen MR) is 99.9 cm³/mol. The zero-order chi connectivity index (χ0) is 18.4. The van der Waals surface area contributed by atoms with Crippen LogP contribution in [0.3, 0.4) is 0 Å². The molecule has 0 spiro atoms. The first kappa shape index (κ1) is 17.4. The highest BCUT2D eigenvalue weighted by Gasteiger charge is 2.11. The fourth-order valence-corrected chi connectivity index (χ4v) is 3.03. The van der Waals surface area contributed by atoms with Crippen molar-refractivity contribution in [2.75, 3.05) is 5.32 Å². The quantitative estimate of drug-likeness (QED) is 0.407. The van der Waals surface area contributed by atoms with E-state index in [9.17, 15) is 14.9 Å². The largest absolute Gasteiger partial charge is 0.297 e. The van der Waals surface area contributed by atoms with Crippen molar-refractivity contribution >= 4 is 34.1 Å². The Balaban J connectivity index is 1.63. The third-order valence-corrected chi connectivity index (χ3v) is 4.28. The lowest BCUT2D eigenvalue weighted by Crippen LogP contribution is -2.07. The molecule has 0 aliphatic heterocycles. The number of nitrogens with one attached hydrogen (secondary N) is 1. The minimum absolute atomic E-state index is 0.0578. The second-order valence-electron chi connectivity index (χ2n) is 5.30. The number of carbonyl (C=O) groups is 1. The van der Waals surface area contributed by atoms with Gasteiger partial charge in [-0.1, -0.05) is 53.8 Å². The molecule has 1 N–H and O–H groups in total. The molecule has 3 rings (SSSR count). The maximum Gasteiger partial charge on any atom is 0.276 e. The first-order valence-electron chi connectivity index (χ1n) is 7.70. The van der Waals surface area contributed by atoms with Gasteiger partial charge in [-0.2, -0.15) is 0 Å². The number of hydrogen-bond donors (Lipinski definition) is 1. The summed E-state index contributed by atoms with van der Waals surface area (Å²) < 4.78 is 0. The van der Waals surface area contributed by atoms with E-state index in [0.29, 0.717) is 17.1 Å². The molecule has 1 amide bonds. The standard InChI is InChI=1S/C18H14N4O3S/c23-16(11-10-14-8-4-5-9-15(14)22(24)25)19-18-21-20-17(26-18)12-13-6-2-1-3-7-13/h1-11H,12H2,(H,19,21,23). The van der Waals surface area contributed by atoms with E-state index < -0.39 is 10.8 Å². The van der Waals surface area contributed by atoms with Gasteiger partial charge >= 0.3 is 0 Å². The molecule has 0 saturated heterocycles. The number of hydrogen-bond acceptors (Lipinski definition) is 6. The number of aromatic nitrogens is 2. The van der Waals surface area contributed by atoms with Crippen LogP contribution in [0.5, 0.6) is 0 Å². The number of carbonyl (C=O) groups excluding carboxylic acids is 1. The Morgan fingerprint density at radius 3 is 2.62 bits per heavy atom. The molecule has 1 aromatic heterocycles. The van der Waals surface area contributed by atoms with Crippen molar-refractivity contribution in [1.29, 1.82) is 0 Å². The molecule has 0 aliphatic rings. The fourth-order valence-electron chi connectivity index (χ4n) is 2.25. The molecule has 0 unspecified atom stereocenters. The number of rotatable bonds is 6. The predicted octanol–water partition coefficient (Wildman–Crippen LogP) is 3.69. The first-order valence-corrected chi connectivity index (χ1v) is 8.52. The highest BCUT2D eigenvalue weighted by molar-refractivity contribution is 7.15. The van der Waals surface area contributed by atoms with Gasteiger partial charge in [-0.05, 0) is 17.7 Å². The van der Waals surface area contributed by atoms with Crippen LogP contribution in [0, 0.1) is 10.1 Å². The Morgan fingerprint density at radius 2 is 1.85 bits per heavy atom. The minimum Gasteiger partial charge on any atom is -0.297 e. The number of amides is 1. The molecule has 1 heterocycles. The van der Waals surface area contributed by atoms with Gasteiger partial charge in [0, 0.05) is 18.6 Å². The monoisotopic (exact) mass is 366 g/mol. The molecule has 130 valence electrons. The maximum absolute atomic E-state index is 12.0. The van der Waals surface area contributed by atoms with Crippen molar-refractivity contribution < 1.29 is 9.72 Å². The average Bonchev–Trinajstić information content (AvgIpc) is 3.07. The Morgan fingerprint density at radius 1 is 1.12 bits per heavy atom. The highest BCUT2D eigenvalue weighted by atomic mass is 32.1. The minimum atomic E-state index is -0.488. The number of anilines is 1. The Kier molecular flexibility index (Phi) is 5.45. The van der Waals surface area contributed by atoms with Crippen molar-refractivity contribution in [3.05, 3.63) is 86.9 Å². The van der Waals surface area contributed by atoms with E-state index in [2.05, 4.69) is 15.5 Å². The lowest BCUT2D eigenvalue weighted by atomic mass is 10.1. The van der Waals surface area contributed by atoms with Crippen LogP contribution in [0.4, 0.5) is 10.8 Å². The van der Waals surface area contributed by atoms with E-state index in [4.69, 9.17) is 0 Å². The van der Waals surface area contributed by atoms with Gasteiger partial charge in [0.05, 0.1) is 10.5 Å². The second kappa shape index (κ2) is 8.13. The summed E-state index contributed by atoms with van der Waals surface area (Å²) in [5.41, 5.74) is 1.41. The molecule has 3 aromatic rings. The van der Waals surface area contributed by atoms with E-state index >= 15 is 0 Å². The van der Waals surface area contributed by atoms with Crippen LogP contribution in [0.2, 0.25) is 0 Å². The van der Waals surface area contributed by atoms with Gasteiger partial charge in [-0.3, -0.25) is 20.2 Å². The van der Waals surface area contributed by atoms with Gasteiger partial charge in [-0.15, -0.1) is 10.2 Å². The molecular weight excluding hydrogens is 352 g/mol. The smallest absolute Gasteiger partial charge is 0.276 e. The van der Waals surface area contributed by atoms with Gasteiger partial charge < -0.3 is 0 Å². The molecule has 7 nitrogen and oxygen atoms in total. The summed E-state index contributed by atoms with van der Waals surface area (Å²) in [6.07, 6.45) is 3.28. The highest BCUT2D eigenvalue weighted by Crippen LogP contribution is 2.20. The van der Waals surface area contributed by atoms with Crippen LogP contribution in [-0.4, -0.2) is 21.0 Å². The number of para-hydroxylation sites is 1. The zero-order valence-corrected chi connectivity index (χ0v) is 14.3. The average molecular weight is 366 g/mol. The summed E-state index contributed by atoms with van der Waals surface area (Å²) in [5.74, 6) is -0.425. The molecule has 0 atom stereocenters. The SMILES string of the molecule is O=C(C=Cc1ccccc1[N+](=O)[O-])Nc1nnc(Cc2ccccc2)s1. The third kappa shape index (κ3) is 4.58. The Labute approximate surface area is 153 Å². The topological polar surface area (TPSA) is 98.0 Å². The number of nitrogens with zero attached hydrogens (tertiary/aromatic N) is 3. The van der Waals surface area contributed by atoms with Crippen LogP contribution >= 0.6 is 11.3 Å². The molecular formula is C18H14N4O3S. The van der Waals surface area contributed by atoms with Gasteiger partial charge in [0.25, 0.3) is 5.69 Å². The van der Waals surface area contributed by atoms with Crippen LogP contribution in [0.1, 0.15) is 16.1 Å². The summed E-state index contributed by atoms with van der Waals surface area (Å²) >= 11 is 1.29. The molecule has 8 heteroatoms. The summed E-state index contributed by atoms with van der Waals surface area (Å²) in [6.45, 7) is 0. The van der Waals surface area contributed by atoms with Gasteiger partial charge in [0.2, 0.25) is 11.0 Å². The van der Waals surface area contributed by atoms with Crippen molar-refractivity contribution in [3.63, 3.8) is 0 Å². The van der Waals surface area contributed by atoms with Crippen molar-refractivity contribution in [3.8, 4) is 0 Å². The number of nitro benzene ring substituents is 1. The van der Waals surface area contributed by atoms with E-state index in [1.807, 2.05) is 30.3 Å².